The molecule has 1 saturated carbocycles. The molecule has 0 aromatic carbocycles. The number of hydrogen-bond acceptors (Lipinski definition) is 5. The van der Waals surface area contributed by atoms with Gasteiger partial charge in [-0.15, -0.1) is 0 Å². The van der Waals surface area contributed by atoms with Crippen LogP contribution in [0.25, 0.3) is 0 Å². The Labute approximate surface area is 120 Å². The van der Waals surface area contributed by atoms with Crippen molar-refractivity contribution in [3.8, 4) is 5.88 Å². The largest absolute Gasteiger partial charge is 0.478 e. The standard InChI is InChI=1S/C15H24N4O/c1-2-20-15-8-14(17-11-18-15)19(9-12-5-6-12)10-13-4-3-7-16-13/h8,11-13,16H,2-7,9-10H2,1H3. The first kappa shape index (κ1) is 13.6. The highest BCUT2D eigenvalue weighted by Gasteiger charge is 2.27. The van der Waals surface area contributed by atoms with Crippen molar-refractivity contribution in [2.45, 2.75) is 38.6 Å². The van der Waals surface area contributed by atoms with Crippen molar-refractivity contribution in [1.82, 2.24) is 15.3 Å². The SMILES string of the molecule is CCOc1cc(N(CC2CC2)CC2CCCN2)ncn1. The fourth-order valence-corrected chi connectivity index (χ4v) is 2.78. The Hall–Kier alpha value is -1.36. The number of rotatable bonds is 7. The van der Waals surface area contributed by atoms with E-state index < -0.39 is 0 Å². The number of hydrogen-bond donors (Lipinski definition) is 1. The lowest BCUT2D eigenvalue weighted by atomic mass is 10.2. The van der Waals surface area contributed by atoms with Gasteiger partial charge in [0.2, 0.25) is 5.88 Å². The predicted octanol–water partition coefficient (Wildman–Crippen LogP) is 1.84. The van der Waals surface area contributed by atoms with Gasteiger partial charge in [-0.25, -0.2) is 9.97 Å². The molecule has 3 rings (SSSR count). The molecule has 5 nitrogen and oxygen atoms in total. The number of nitrogens with zero attached hydrogens (tertiary/aromatic N) is 3. The molecule has 0 spiro atoms. The molecule has 5 heteroatoms. The first-order valence-corrected chi connectivity index (χ1v) is 7.78. The summed E-state index contributed by atoms with van der Waals surface area (Å²) in [4.78, 5) is 11.0. The molecule has 1 unspecified atom stereocenters. The molecule has 2 fully saturated rings. The van der Waals surface area contributed by atoms with Gasteiger partial charge >= 0.3 is 0 Å². The summed E-state index contributed by atoms with van der Waals surface area (Å²) in [5.41, 5.74) is 0. The van der Waals surface area contributed by atoms with Crippen LogP contribution in [0, 0.1) is 5.92 Å². The van der Waals surface area contributed by atoms with E-state index >= 15 is 0 Å². The van der Waals surface area contributed by atoms with E-state index in [0.717, 1.165) is 31.4 Å². The lowest BCUT2D eigenvalue weighted by Gasteiger charge is -2.27. The van der Waals surface area contributed by atoms with Gasteiger partial charge in [-0.05, 0) is 45.1 Å². The Kier molecular flexibility index (Phi) is 4.35. The number of nitrogens with one attached hydrogen (secondary N) is 1. The number of ether oxygens (including phenoxy) is 1. The molecule has 1 N–H and O–H groups in total. The van der Waals surface area contributed by atoms with Gasteiger partial charge in [0.1, 0.15) is 12.1 Å². The van der Waals surface area contributed by atoms with Crippen LogP contribution < -0.4 is 15.0 Å². The zero-order chi connectivity index (χ0) is 13.8. The Bertz CT molecular complexity index is 430. The van der Waals surface area contributed by atoms with E-state index in [0.29, 0.717) is 18.5 Å². The maximum Gasteiger partial charge on any atom is 0.218 e. The molecule has 2 aliphatic rings. The first-order valence-electron chi connectivity index (χ1n) is 7.78. The van der Waals surface area contributed by atoms with Crippen LogP contribution in [0.5, 0.6) is 5.88 Å². The molecule has 1 saturated heterocycles. The zero-order valence-electron chi connectivity index (χ0n) is 12.2. The Morgan fingerprint density at radius 3 is 2.90 bits per heavy atom. The minimum Gasteiger partial charge on any atom is -0.478 e. The number of aromatic nitrogens is 2. The van der Waals surface area contributed by atoms with Gasteiger partial charge in [0.25, 0.3) is 0 Å². The third-order valence-electron chi connectivity index (χ3n) is 4.02. The molecule has 20 heavy (non-hydrogen) atoms. The summed E-state index contributed by atoms with van der Waals surface area (Å²) in [5.74, 6) is 2.53. The van der Waals surface area contributed by atoms with Crippen molar-refractivity contribution in [2.75, 3.05) is 31.1 Å². The van der Waals surface area contributed by atoms with Crippen molar-refractivity contribution in [1.29, 1.82) is 0 Å². The van der Waals surface area contributed by atoms with E-state index in [4.69, 9.17) is 4.74 Å². The van der Waals surface area contributed by atoms with Crippen LogP contribution in [0.3, 0.4) is 0 Å². The maximum atomic E-state index is 5.49. The summed E-state index contributed by atoms with van der Waals surface area (Å²) < 4.78 is 5.49. The van der Waals surface area contributed by atoms with Crippen LogP contribution in [0.1, 0.15) is 32.6 Å². The summed E-state index contributed by atoms with van der Waals surface area (Å²) in [6, 6.07) is 2.57. The van der Waals surface area contributed by atoms with Crippen LogP contribution in [-0.2, 0) is 0 Å². The smallest absolute Gasteiger partial charge is 0.218 e. The van der Waals surface area contributed by atoms with Gasteiger partial charge < -0.3 is 15.0 Å². The molecule has 0 bridgehead atoms. The third-order valence-corrected chi connectivity index (χ3v) is 4.02. The summed E-state index contributed by atoms with van der Waals surface area (Å²) in [6.07, 6.45) is 6.89. The van der Waals surface area contributed by atoms with Crippen LogP contribution in [-0.4, -0.2) is 42.3 Å². The van der Waals surface area contributed by atoms with Crippen molar-refractivity contribution in [3.05, 3.63) is 12.4 Å². The van der Waals surface area contributed by atoms with Gasteiger partial charge in [0.05, 0.1) is 6.61 Å². The molecule has 1 atom stereocenters. The topological polar surface area (TPSA) is 50.3 Å². The molecule has 0 amide bonds. The van der Waals surface area contributed by atoms with Gasteiger partial charge in [-0.2, -0.15) is 0 Å². The summed E-state index contributed by atoms with van der Waals surface area (Å²) >= 11 is 0. The van der Waals surface area contributed by atoms with Crippen molar-refractivity contribution < 1.29 is 4.74 Å². The van der Waals surface area contributed by atoms with E-state index in [-0.39, 0.29) is 0 Å². The molecular weight excluding hydrogens is 252 g/mol. The lowest BCUT2D eigenvalue weighted by molar-refractivity contribution is 0.326. The van der Waals surface area contributed by atoms with Crippen LogP contribution >= 0.6 is 0 Å². The van der Waals surface area contributed by atoms with Gasteiger partial charge in [0, 0.05) is 25.2 Å². The van der Waals surface area contributed by atoms with Gasteiger partial charge in [-0.3, -0.25) is 0 Å². The second-order valence-corrected chi connectivity index (χ2v) is 5.79. The minimum atomic E-state index is 0.597. The molecule has 0 radical (unpaired) electrons. The third kappa shape index (κ3) is 3.60. The summed E-state index contributed by atoms with van der Waals surface area (Å²) in [6.45, 7) is 5.92. The fourth-order valence-electron chi connectivity index (χ4n) is 2.78. The molecular formula is C15H24N4O. The average Bonchev–Trinajstić information content (AvgIpc) is 3.12. The first-order chi connectivity index (χ1) is 9.85. The van der Waals surface area contributed by atoms with Gasteiger partial charge in [0.15, 0.2) is 0 Å². The van der Waals surface area contributed by atoms with Crippen LogP contribution in [0.4, 0.5) is 5.82 Å². The highest BCUT2D eigenvalue weighted by atomic mass is 16.5. The Balaban J connectivity index is 1.70. The minimum absolute atomic E-state index is 0.597. The van der Waals surface area contributed by atoms with Crippen molar-refractivity contribution >= 4 is 5.82 Å². The highest BCUT2D eigenvalue weighted by molar-refractivity contribution is 5.41. The summed E-state index contributed by atoms with van der Waals surface area (Å²) in [5, 5.41) is 3.57. The predicted molar refractivity (Wildman–Crippen MR) is 79.2 cm³/mol. The van der Waals surface area contributed by atoms with E-state index in [1.807, 2.05) is 13.0 Å². The molecule has 1 aromatic rings. The molecule has 1 aromatic heterocycles. The lowest BCUT2D eigenvalue weighted by Crippen LogP contribution is -2.39. The van der Waals surface area contributed by atoms with Crippen molar-refractivity contribution in [3.63, 3.8) is 0 Å². The Morgan fingerprint density at radius 2 is 2.20 bits per heavy atom. The summed E-state index contributed by atoms with van der Waals surface area (Å²) in [7, 11) is 0. The molecule has 1 aliphatic carbocycles. The number of anilines is 1. The van der Waals surface area contributed by atoms with E-state index in [2.05, 4.69) is 20.2 Å². The van der Waals surface area contributed by atoms with Crippen molar-refractivity contribution in [2.24, 2.45) is 5.92 Å². The fraction of sp³-hybridized carbons (Fsp3) is 0.733. The van der Waals surface area contributed by atoms with Crippen LogP contribution in [0.15, 0.2) is 12.4 Å². The molecule has 110 valence electrons. The monoisotopic (exact) mass is 276 g/mol. The molecule has 1 aliphatic heterocycles. The Morgan fingerprint density at radius 1 is 1.30 bits per heavy atom. The van der Waals surface area contributed by atoms with Crippen LogP contribution in [0.2, 0.25) is 0 Å². The maximum absolute atomic E-state index is 5.49. The zero-order valence-corrected chi connectivity index (χ0v) is 12.2. The van der Waals surface area contributed by atoms with E-state index in [1.165, 1.54) is 25.7 Å². The molecule has 2 heterocycles. The normalized spacial score (nSPS) is 21.9. The second kappa shape index (κ2) is 6.39. The quantitative estimate of drug-likeness (QED) is 0.823. The van der Waals surface area contributed by atoms with Gasteiger partial charge in [-0.1, -0.05) is 0 Å². The van der Waals surface area contributed by atoms with E-state index in [1.54, 1.807) is 6.33 Å². The highest BCUT2D eigenvalue weighted by Crippen LogP contribution is 2.31. The van der Waals surface area contributed by atoms with E-state index in [9.17, 15) is 0 Å². The second-order valence-electron chi connectivity index (χ2n) is 5.79. The average molecular weight is 276 g/mol.